The lowest BCUT2D eigenvalue weighted by Crippen LogP contribution is -2.48. The minimum Gasteiger partial charge on any atom is -0.346 e. The number of nitrogens with zero attached hydrogens (tertiary/aromatic N) is 1. The zero-order valence-corrected chi connectivity index (χ0v) is 11.7. The molecular formula is C16H15FN2O3. The Kier molecular flexibility index (Phi) is 2.60. The average molecular weight is 302 g/mol. The van der Waals surface area contributed by atoms with Gasteiger partial charge in [-0.1, -0.05) is 30.3 Å². The molecule has 1 saturated heterocycles. The van der Waals surface area contributed by atoms with E-state index in [0.717, 1.165) is 5.56 Å². The summed E-state index contributed by atoms with van der Waals surface area (Å²) in [5.41, 5.74) is 3.36. The number of carbonyl (C=O) groups is 1. The second-order valence-corrected chi connectivity index (χ2v) is 6.37. The van der Waals surface area contributed by atoms with Crippen LogP contribution in [0.2, 0.25) is 0 Å². The van der Waals surface area contributed by atoms with Crippen LogP contribution in [-0.4, -0.2) is 29.9 Å². The van der Waals surface area contributed by atoms with E-state index in [9.17, 15) is 14.4 Å². The number of hydrogen-bond acceptors (Lipinski definition) is 5. The molecule has 0 aromatic heterocycles. The van der Waals surface area contributed by atoms with Gasteiger partial charge in [0.15, 0.2) is 17.7 Å². The summed E-state index contributed by atoms with van der Waals surface area (Å²) in [6.07, 6.45) is -0.0289. The van der Waals surface area contributed by atoms with Crippen LogP contribution in [0.4, 0.5) is 4.39 Å². The minimum absolute atomic E-state index is 0.0781. The van der Waals surface area contributed by atoms with Crippen molar-refractivity contribution in [3.05, 3.63) is 35.9 Å². The molecule has 2 aliphatic carbocycles. The molecule has 3 fully saturated rings. The molecular weight excluding hydrogens is 287 g/mol. The molecule has 6 heteroatoms. The smallest absolute Gasteiger partial charge is 0.180 e. The van der Waals surface area contributed by atoms with E-state index in [1.165, 1.54) is 0 Å². The summed E-state index contributed by atoms with van der Waals surface area (Å²) in [6.45, 7) is 0.254. The van der Waals surface area contributed by atoms with E-state index >= 15 is 0 Å². The van der Waals surface area contributed by atoms with E-state index in [0.29, 0.717) is 0 Å². The molecule has 2 saturated carbocycles. The number of ether oxygens (including phenoxy) is 2. The first kappa shape index (κ1) is 13.8. The van der Waals surface area contributed by atoms with Crippen molar-refractivity contribution in [1.82, 2.24) is 0 Å². The van der Waals surface area contributed by atoms with Gasteiger partial charge in [0, 0.05) is 12.3 Å². The Morgan fingerprint density at radius 2 is 2.09 bits per heavy atom. The number of benzene rings is 1. The van der Waals surface area contributed by atoms with Crippen LogP contribution in [-0.2, 0) is 14.3 Å². The number of hydrogen-bond donors (Lipinski definition) is 1. The summed E-state index contributed by atoms with van der Waals surface area (Å²) < 4.78 is 26.4. The van der Waals surface area contributed by atoms with Crippen LogP contribution in [0.25, 0.3) is 0 Å². The van der Waals surface area contributed by atoms with Crippen LogP contribution in [0.15, 0.2) is 30.3 Å². The Bertz CT molecular complexity index is 678. The molecule has 1 aromatic rings. The van der Waals surface area contributed by atoms with Crippen LogP contribution >= 0.6 is 0 Å². The number of rotatable bonds is 2. The third-order valence-corrected chi connectivity index (χ3v) is 5.13. The molecule has 1 heterocycles. The van der Waals surface area contributed by atoms with Crippen molar-refractivity contribution >= 4 is 6.29 Å². The summed E-state index contributed by atoms with van der Waals surface area (Å²) in [7, 11) is 0. The number of nitrogens with two attached hydrogens (primary N) is 1. The molecule has 114 valence electrons. The van der Waals surface area contributed by atoms with Gasteiger partial charge in [0.25, 0.3) is 0 Å². The molecule has 0 radical (unpaired) electrons. The molecule has 0 unspecified atom stereocenters. The monoisotopic (exact) mass is 302 g/mol. The van der Waals surface area contributed by atoms with Gasteiger partial charge in [-0.25, -0.2) is 4.39 Å². The molecule has 6 atom stereocenters. The highest BCUT2D eigenvalue weighted by molar-refractivity contribution is 5.73. The van der Waals surface area contributed by atoms with Gasteiger partial charge in [-0.2, -0.15) is 5.26 Å². The van der Waals surface area contributed by atoms with Gasteiger partial charge >= 0.3 is 0 Å². The highest BCUT2D eigenvalue weighted by Crippen LogP contribution is 2.72. The van der Waals surface area contributed by atoms with Crippen molar-refractivity contribution in [1.29, 1.82) is 5.26 Å². The van der Waals surface area contributed by atoms with E-state index in [2.05, 4.69) is 0 Å². The number of nitriles is 1. The number of carbonyl (C=O) groups excluding carboxylic acids is 1. The molecule has 0 bridgehead atoms. The lowest BCUT2D eigenvalue weighted by Gasteiger charge is -2.30. The van der Waals surface area contributed by atoms with E-state index in [1.54, 1.807) is 0 Å². The molecule has 1 spiro atoms. The second kappa shape index (κ2) is 4.13. The van der Waals surface area contributed by atoms with Gasteiger partial charge in [0.05, 0.1) is 18.6 Å². The summed E-state index contributed by atoms with van der Waals surface area (Å²) in [4.78, 5) is 11.1. The number of aldehydes is 1. The number of fused-ring (bicyclic) bond motifs is 2. The second-order valence-electron chi connectivity index (χ2n) is 6.37. The molecule has 3 aliphatic rings. The van der Waals surface area contributed by atoms with Crippen LogP contribution in [0, 0.1) is 23.2 Å². The van der Waals surface area contributed by atoms with Crippen molar-refractivity contribution in [2.75, 3.05) is 6.61 Å². The predicted octanol–water partition coefficient (Wildman–Crippen LogP) is 1.25. The van der Waals surface area contributed by atoms with Gasteiger partial charge in [-0.05, 0) is 5.56 Å². The fraction of sp³-hybridized carbons (Fsp3) is 0.500. The lowest BCUT2D eigenvalue weighted by atomic mass is 9.90. The van der Waals surface area contributed by atoms with Gasteiger partial charge < -0.3 is 15.2 Å². The predicted molar refractivity (Wildman–Crippen MR) is 73.0 cm³/mol. The van der Waals surface area contributed by atoms with Crippen LogP contribution in [0.1, 0.15) is 18.1 Å². The Labute approximate surface area is 126 Å². The summed E-state index contributed by atoms with van der Waals surface area (Å²) in [6, 6.07) is 11.4. The zero-order chi connectivity index (χ0) is 15.6. The third-order valence-electron chi connectivity index (χ3n) is 5.13. The van der Waals surface area contributed by atoms with E-state index < -0.39 is 28.8 Å². The molecule has 1 aromatic carbocycles. The van der Waals surface area contributed by atoms with Gasteiger partial charge in [-0.15, -0.1) is 0 Å². The molecule has 2 N–H and O–H groups in total. The normalized spacial score (nSPS) is 48.9. The lowest BCUT2D eigenvalue weighted by molar-refractivity contribution is -0.191. The van der Waals surface area contributed by atoms with Crippen LogP contribution < -0.4 is 5.73 Å². The first-order valence-electron chi connectivity index (χ1n) is 7.21. The van der Waals surface area contributed by atoms with E-state index in [1.807, 2.05) is 36.4 Å². The Morgan fingerprint density at radius 3 is 2.73 bits per heavy atom. The van der Waals surface area contributed by atoms with Crippen LogP contribution in [0.3, 0.4) is 0 Å². The SMILES string of the molecule is N#C[C@]1(N)C[C@@]2(OC[C@H](c3ccccc3)O2)[C@@H]2[C@H]1[C@@]2(F)C=O. The number of alkyl halides is 1. The third kappa shape index (κ3) is 1.53. The van der Waals surface area contributed by atoms with Crippen molar-refractivity contribution in [3.8, 4) is 6.07 Å². The van der Waals surface area contributed by atoms with E-state index in [4.69, 9.17) is 15.2 Å². The fourth-order valence-corrected chi connectivity index (χ4v) is 4.16. The van der Waals surface area contributed by atoms with Gasteiger partial charge in [0.1, 0.15) is 11.6 Å². The quantitative estimate of drug-likeness (QED) is 0.831. The van der Waals surface area contributed by atoms with Crippen molar-refractivity contribution in [3.63, 3.8) is 0 Å². The highest BCUT2D eigenvalue weighted by Gasteiger charge is 2.87. The molecule has 22 heavy (non-hydrogen) atoms. The first-order chi connectivity index (χ1) is 10.5. The highest BCUT2D eigenvalue weighted by atomic mass is 19.1. The molecule has 4 rings (SSSR count). The molecule has 1 aliphatic heterocycles. The number of halogens is 1. The summed E-state index contributed by atoms with van der Waals surface area (Å²) >= 11 is 0. The minimum atomic E-state index is -2.13. The Balaban J connectivity index is 1.67. The Morgan fingerprint density at radius 1 is 1.36 bits per heavy atom. The van der Waals surface area contributed by atoms with Crippen molar-refractivity contribution in [2.45, 2.75) is 29.5 Å². The first-order valence-corrected chi connectivity index (χ1v) is 7.21. The fourth-order valence-electron chi connectivity index (χ4n) is 4.16. The topological polar surface area (TPSA) is 85.3 Å². The van der Waals surface area contributed by atoms with E-state index in [-0.39, 0.29) is 25.4 Å². The average Bonchev–Trinajstić information content (AvgIpc) is 2.88. The van der Waals surface area contributed by atoms with Crippen LogP contribution in [0.5, 0.6) is 0 Å². The Hall–Kier alpha value is -1.81. The molecule has 5 nitrogen and oxygen atoms in total. The summed E-state index contributed by atoms with van der Waals surface area (Å²) in [5, 5.41) is 9.31. The van der Waals surface area contributed by atoms with Crippen molar-refractivity contribution in [2.24, 2.45) is 17.6 Å². The maximum Gasteiger partial charge on any atom is 0.180 e. The maximum atomic E-state index is 14.7. The standard InChI is InChI=1S/C16H15FN2O3/c17-15(9-20)12-13(15)16(7-14(12,19)8-18)21-6-11(22-16)10-4-2-1-3-5-10/h1-5,9,11-13H,6-7,19H2/t11-,12-,13-,14-,15+,16+/m1/s1. The maximum absolute atomic E-state index is 14.7. The van der Waals surface area contributed by atoms with Gasteiger partial charge in [-0.3, -0.25) is 4.79 Å². The largest absolute Gasteiger partial charge is 0.346 e. The molecule has 0 amide bonds. The van der Waals surface area contributed by atoms with Gasteiger partial charge in [0.2, 0.25) is 0 Å². The zero-order valence-electron chi connectivity index (χ0n) is 11.7. The van der Waals surface area contributed by atoms with Crippen molar-refractivity contribution < 1.29 is 18.7 Å². The summed E-state index contributed by atoms with van der Waals surface area (Å²) in [5.74, 6) is -2.96.